The Bertz CT molecular complexity index is 668. The summed E-state index contributed by atoms with van der Waals surface area (Å²) in [5.74, 6) is 0.430. The molecule has 0 amide bonds. The number of aryl methyl sites for hydroxylation is 1. The fourth-order valence-corrected chi connectivity index (χ4v) is 3.03. The summed E-state index contributed by atoms with van der Waals surface area (Å²) < 4.78 is 0. The number of benzene rings is 2. The fraction of sp³-hybridized carbons (Fsp3) is 0.429. The molecule has 0 radical (unpaired) electrons. The Morgan fingerprint density at radius 3 is 1.82 bits per heavy atom. The Morgan fingerprint density at radius 2 is 1.36 bits per heavy atom. The average molecular weight is 296 g/mol. The molecule has 2 aromatic rings. The van der Waals surface area contributed by atoms with Crippen LogP contribution in [0, 0.1) is 6.92 Å². The molecule has 1 heteroatoms. The molecule has 118 valence electrons. The van der Waals surface area contributed by atoms with Crippen molar-refractivity contribution in [3.05, 3.63) is 53.1 Å². The zero-order valence-corrected chi connectivity index (χ0v) is 14.9. The maximum absolute atomic E-state index is 10.8. The van der Waals surface area contributed by atoms with Gasteiger partial charge in [0.1, 0.15) is 5.75 Å². The summed E-state index contributed by atoms with van der Waals surface area (Å²) in [5, 5.41) is 10.8. The first-order valence-electron chi connectivity index (χ1n) is 7.96. The molecule has 0 bridgehead atoms. The molecule has 0 heterocycles. The molecule has 0 saturated heterocycles. The van der Waals surface area contributed by atoms with Crippen molar-refractivity contribution in [2.24, 2.45) is 0 Å². The summed E-state index contributed by atoms with van der Waals surface area (Å²) in [6, 6.07) is 12.6. The number of phenols is 1. The monoisotopic (exact) mass is 296 g/mol. The molecule has 0 saturated carbocycles. The average Bonchev–Trinajstić information content (AvgIpc) is 2.39. The van der Waals surface area contributed by atoms with Gasteiger partial charge in [0.05, 0.1) is 0 Å². The first-order valence-corrected chi connectivity index (χ1v) is 7.96. The van der Waals surface area contributed by atoms with Crippen molar-refractivity contribution in [1.82, 2.24) is 0 Å². The van der Waals surface area contributed by atoms with E-state index in [-0.39, 0.29) is 10.8 Å². The van der Waals surface area contributed by atoms with Gasteiger partial charge in [-0.05, 0) is 40.0 Å². The molecule has 0 aliphatic heterocycles. The Morgan fingerprint density at radius 1 is 0.818 bits per heavy atom. The molecule has 1 N–H and O–H groups in total. The van der Waals surface area contributed by atoms with E-state index in [2.05, 4.69) is 71.9 Å². The van der Waals surface area contributed by atoms with Gasteiger partial charge in [-0.25, -0.2) is 0 Å². The lowest BCUT2D eigenvalue weighted by molar-refractivity contribution is 0.441. The van der Waals surface area contributed by atoms with Crippen LogP contribution in [0.3, 0.4) is 0 Å². The first-order chi connectivity index (χ1) is 10.0. The maximum Gasteiger partial charge on any atom is 0.122 e. The van der Waals surface area contributed by atoms with E-state index in [1.165, 1.54) is 16.7 Å². The van der Waals surface area contributed by atoms with Crippen molar-refractivity contribution in [3.8, 4) is 16.9 Å². The number of phenolic OH excluding ortho intramolecular Hbond substituents is 1. The highest BCUT2D eigenvalue weighted by Gasteiger charge is 2.30. The van der Waals surface area contributed by atoms with E-state index < -0.39 is 0 Å². The van der Waals surface area contributed by atoms with Crippen LogP contribution in [0.5, 0.6) is 5.75 Å². The molecular formula is C21H28O. The lowest BCUT2D eigenvalue weighted by atomic mass is 9.73. The van der Waals surface area contributed by atoms with Gasteiger partial charge in [-0.2, -0.15) is 0 Å². The van der Waals surface area contributed by atoms with E-state index in [0.717, 1.165) is 11.1 Å². The van der Waals surface area contributed by atoms with Crippen LogP contribution in [-0.4, -0.2) is 5.11 Å². The number of rotatable bonds is 1. The van der Waals surface area contributed by atoms with Crippen LogP contribution in [0.4, 0.5) is 0 Å². The summed E-state index contributed by atoms with van der Waals surface area (Å²) in [6.07, 6.45) is 0. The highest BCUT2D eigenvalue weighted by atomic mass is 16.3. The third-order valence-electron chi connectivity index (χ3n) is 4.11. The minimum atomic E-state index is -0.124. The predicted molar refractivity (Wildman–Crippen MR) is 95.7 cm³/mol. The largest absolute Gasteiger partial charge is 0.507 e. The van der Waals surface area contributed by atoms with Crippen LogP contribution in [0.25, 0.3) is 11.1 Å². The van der Waals surface area contributed by atoms with Crippen molar-refractivity contribution in [2.45, 2.75) is 59.3 Å². The standard InChI is InChI=1S/C21H28O/c1-14-13-16(20(2,3)4)17(15-11-9-8-10-12-15)18(19(14)22)21(5,6)7/h8-13,22H,1-7H3. The van der Waals surface area contributed by atoms with Crippen LogP contribution in [0.2, 0.25) is 0 Å². The third-order valence-corrected chi connectivity index (χ3v) is 4.11. The molecule has 0 unspecified atom stereocenters. The van der Waals surface area contributed by atoms with Gasteiger partial charge in [-0.1, -0.05) is 77.9 Å². The summed E-state index contributed by atoms with van der Waals surface area (Å²) in [4.78, 5) is 0. The maximum atomic E-state index is 10.8. The Balaban J connectivity index is 2.97. The molecule has 0 fully saturated rings. The smallest absolute Gasteiger partial charge is 0.122 e. The highest BCUT2D eigenvalue weighted by molar-refractivity contribution is 5.77. The molecule has 1 nitrogen and oxygen atoms in total. The SMILES string of the molecule is Cc1cc(C(C)(C)C)c(-c2ccccc2)c(C(C)(C)C)c1O. The van der Waals surface area contributed by atoms with Crippen LogP contribution < -0.4 is 0 Å². The van der Waals surface area contributed by atoms with Gasteiger partial charge in [-0.15, -0.1) is 0 Å². The van der Waals surface area contributed by atoms with Crippen molar-refractivity contribution >= 4 is 0 Å². The molecular weight excluding hydrogens is 268 g/mol. The van der Waals surface area contributed by atoms with Crippen LogP contribution in [0.1, 0.15) is 58.2 Å². The van der Waals surface area contributed by atoms with E-state index in [0.29, 0.717) is 5.75 Å². The summed E-state index contributed by atoms with van der Waals surface area (Å²) in [7, 11) is 0. The summed E-state index contributed by atoms with van der Waals surface area (Å²) >= 11 is 0. The lowest BCUT2D eigenvalue weighted by Gasteiger charge is -2.32. The van der Waals surface area contributed by atoms with E-state index in [1.54, 1.807) is 0 Å². The molecule has 0 atom stereocenters. The molecule has 2 rings (SSSR count). The van der Waals surface area contributed by atoms with Crippen molar-refractivity contribution in [2.75, 3.05) is 0 Å². The zero-order valence-electron chi connectivity index (χ0n) is 14.9. The number of hydrogen-bond acceptors (Lipinski definition) is 1. The number of aromatic hydroxyl groups is 1. The second-order valence-electron chi connectivity index (χ2n) is 8.21. The molecule has 22 heavy (non-hydrogen) atoms. The molecule has 0 aliphatic rings. The Labute approximate surface area is 135 Å². The van der Waals surface area contributed by atoms with Gasteiger partial charge < -0.3 is 5.11 Å². The Hall–Kier alpha value is -1.76. The quantitative estimate of drug-likeness (QED) is 0.688. The van der Waals surface area contributed by atoms with Gasteiger partial charge in [0, 0.05) is 5.56 Å². The normalized spacial score (nSPS) is 12.5. The minimum absolute atomic E-state index is 0.0175. The van der Waals surface area contributed by atoms with Gasteiger partial charge in [-0.3, -0.25) is 0 Å². The number of hydrogen-bond donors (Lipinski definition) is 1. The first kappa shape index (κ1) is 16.6. The van der Waals surface area contributed by atoms with Gasteiger partial charge in [0.2, 0.25) is 0 Å². The van der Waals surface area contributed by atoms with E-state index in [9.17, 15) is 5.11 Å². The van der Waals surface area contributed by atoms with Crippen LogP contribution >= 0.6 is 0 Å². The van der Waals surface area contributed by atoms with Gasteiger partial charge in [0.15, 0.2) is 0 Å². The Kier molecular flexibility index (Phi) is 4.12. The van der Waals surface area contributed by atoms with E-state index in [1.807, 2.05) is 13.0 Å². The highest BCUT2D eigenvalue weighted by Crippen LogP contribution is 2.46. The van der Waals surface area contributed by atoms with Gasteiger partial charge in [0.25, 0.3) is 0 Å². The summed E-state index contributed by atoms with van der Waals surface area (Å²) in [6.45, 7) is 15.2. The predicted octanol–water partition coefficient (Wildman–Crippen LogP) is 5.96. The van der Waals surface area contributed by atoms with Crippen molar-refractivity contribution in [1.29, 1.82) is 0 Å². The third kappa shape index (κ3) is 3.04. The van der Waals surface area contributed by atoms with Crippen molar-refractivity contribution in [3.63, 3.8) is 0 Å². The molecule has 2 aromatic carbocycles. The summed E-state index contributed by atoms with van der Waals surface area (Å²) in [5.41, 5.74) is 5.54. The molecule has 0 spiro atoms. The van der Waals surface area contributed by atoms with Crippen molar-refractivity contribution < 1.29 is 5.11 Å². The topological polar surface area (TPSA) is 20.2 Å². The van der Waals surface area contributed by atoms with Crippen LogP contribution in [0.15, 0.2) is 36.4 Å². The molecule has 0 aromatic heterocycles. The second-order valence-corrected chi connectivity index (χ2v) is 8.21. The fourth-order valence-electron chi connectivity index (χ4n) is 3.03. The van der Waals surface area contributed by atoms with Gasteiger partial charge >= 0.3 is 0 Å². The second kappa shape index (κ2) is 5.46. The zero-order chi connectivity index (χ0) is 16.7. The minimum Gasteiger partial charge on any atom is -0.507 e. The molecule has 0 aliphatic carbocycles. The van der Waals surface area contributed by atoms with E-state index in [4.69, 9.17) is 0 Å². The van der Waals surface area contributed by atoms with E-state index >= 15 is 0 Å². The lowest BCUT2D eigenvalue weighted by Crippen LogP contribution is -2.20. The van der Waals surface area contributed by atoms with Crippen LogP contribution in [-0.2, 0) is 10.8 Å².